The van der Waals surface area contributed by atoms with Crippen LogP contribution in [0.2, 0.25) is 0 Å². The zero-order valence-electron chi connectivity index (χ0n) is 13.7. The maximum absolute atomic E-state index is 12.7. The number of nitrogens with zero attached hydrogens (tertiary/aromatic N) is 2. The molecule has 23 heavy (non-hydrogen) atoms. The Morgan fingerprint density at radius 2 is 2.17 bits per heavy atom. The zero-order valence-corrected chi connectivity index (χ0v) is 13.7. The van der Waals surface area contributed by atoms with Gasteiger partial charge in [-0.3, -0.25) is 0 Å². The van der Waals surface area contributed by atoms with Crippen LogP contribution in [0.5, 0.6) is 0 Å². The fraction of sp³-hybridized carbons (Fsp3) is 0.500. The van der Waals surface area contributed by atoms with Gasteiger partial charge in [0, 0.05) is 37.3 Å². The molecule has 0 bridgehead atoms. The van der Waals surface area contributed by atoms with Crippen LogP contribution in [0.25, 0.3) is 10.9 Å². The highest BCUT2D eigenvalue weighted by molar-refractivity contribution is 6.01. The number of aliphatic hydroxyl groups is 1. The standard InChI is InChI=1S/C18H25N3O2/c1-2-20-13-16(15-8-3-4-9-17(15)20)19-18(23)21-11-6-5-7-14(21)10-12-22/h3-4,8-9,13-14,22H,2,5-7,10-12H2,1H3,(H,19,23)/t14-/m1/s1. The van der Waals surface area contributed by atoms with Gasteiger partial charge in [0.15, 0.2) is 0 Å². The first-order valence-electron chi connectivity index (χ1n) is 8.51. The number of carbonyl (C=O) groups is 1. The van der Waals surface area contributed by atoms with Crippen molar-refractivity contribution in [1.29, 1.82) is 0 Å². The topological polar surface area (TPSA) is 57.5 Å². The molecule has 1 aliphatic rings. The molecule has 5 nitrogen and oxygen atoms in total. The van der Waals surface area contributed by atoms with E-state index in [0.29, 0.717) is 6.42 Å². The highest BCUT2D eigenvalue weighted by Gasteiger charge is 2.26. The molecule has 0 saturated carbocycles. The highest BCUT2D eigenvalue weighted by Crippen LogP contribution is 2.27. The van der Waals surface area contributed by atoms with Crippen molar-refractivity contribution in [2.75, 3.05) is 18.5 Å². The Balaban J connectivity index is 1.82. The van der Waals surface area contributed by atoms with Crippen molar-refractivity contribution in [2.24, 2.45) is 0 Å². The Bertz CT molecular complexity index is 678. The molecule has 2 N–H and O–H groups in total. The van der Waals surface area contributed by atoms with E-state index in [2.05, 4.69) is 22.9 Å². The predicted octanol–water partition coefficient (Wildman–Crippen LogP) is 3.43. The summed E-state index contributed by atoms with van der Waals surface area (Å²) in [6, 6.07) is 8.22. The van der Waals surface area contributed by atoms with Gasteiger partial charge in [0.05, 0.1) is 11.2 Å². The largest absolute Gasteiger partial charge is 0.396 e. The quantitative estimate of drug-likeness (QED) is 0.908. The lowest BCUT2D eigenvalue weighted by molar-refractivity contribution is 0.141. The Hall–Kier alpha value is -2.01. The van der Waals surface area contributed by atoms with Crippen LogP contribution in [0.15, 0.2) is 30.5 Å². The number of carbonyl (C=O) groups excluding carboxylic acids is 1. The zero-order chi connectivity index (χ0) is 16.2. The molecule has 2 amide bonds. The van der Waals surface area contributed by atoms with Gasteiger partial charge in [-0.05, 0) is 38.7 Å². The number of urea groups is 1. The summed E-state index contributed by atoms with van der Waals surface area (Å²) in [7, 11) is 0. The molecule has 0 radical (unpaired) electrons. The number of aliphatic hydroxyl groups excluding tert-OH is 1. The van der Waals surface area contributed by atoms with Gasteiger partial charge in [-0.2, -0.15) is 0 Å². The molecule has 1 aromatic carbocycles. The molecular weight excluding hydrogens is 290 g/mol. The molecule has 5 heteroatoms. The smallest absolute Gasteiger partial charge is 0.322 e. The average Bonchev–Trinajstić information content (AvgIpc) is 2.94. The minimum atomic E-state index is -0.0536. The number of anilines is 1. The summed E-state index contributed by atoms with van der Waals surface area (Å²) in [4.78, 5) is 14.6. The van der Waals surface area contributed by atoms with E-state index >= 15 is 0 Å². The molecule has 1 atom stereocenters. The summed E-state index contributed by atoms with van der Waals surface area (Å²) in [5, 5.41) is 13.4. The number of hydrogen-bond acceptors (Lipinski definition) is 2. The molecule has 2 aromatic rings. The first-order valence-corrected chi connectivity index (χ1v) is 8.51. The Kier molecular flexibility index (Phi) is 4.86. The Morgan fingerprint density at radius 3 is 2.96 bits per heavy atom. The summed E-state index contributed by atoms with van der Waals surface area (Å²) in [5.74, 6) is 0. The summed E-state index contributed by atoms with van der Waals surface area (Å²) < 4.78 is 2.15. The van der Waals surface area contributed by atoms with Crippen LogP contribution in [-0.4, -0.2) is 39.8 Å². The van der Waals surface area contributed by atoms with E-state index in [1.807, 2.05) is 29.3 Å². The summed E-state index contributed by atoms with van der Waals surface area (Å²) >= 11 is 0. The van der Waals surface area contributed by atoms with Gasteiger partial charge < -0.3 is 19.9 Å². The van der Waals surface area contributed by atoms with Crippen molar-refractivity contribution in [1.82, 2.24) is 9.47 Å². The van der Waals surface area contributed by atoms with Crippen molar-refractivity contribution in [3.8, 4) is 0 Å². The van der Waals surface area contributed by atoms with Gasteiger partial charge >= 0.3 is 6.03 Å². The number of likely N-dealkylation sites (tertiary alicyclic amines) is 1. The van der Waals surface area contributed by atoms with Crippen molar-refractivity contribution >= 4 is 22.6 Å². The normalized spacial score (nSPS) is 18.3. The van der Waals surface area contributed by atoms with Crippen molar-refractivity contribution in [3.05, 3.63) is 30.5 Å². The number of benzene rings is 1. The molecular formula is C18H25N3O2. The van der Waals surface area contributed by atoms with Gasteiger partial charge in [-0.1, -0.05) is 18.2 Å². The first-order chi connectivity index (χ1) is 11.2. The second-order valence-corrected chi connectivity index (χ2v) is 6.13. The molecule has 2 heterocycles. The van der Waals surface area contributed by atoms with E-state index in [1.165, 1.54) is 0 Å². The third-order valence-electron chi connectivity index (χ3n) is 4.72. The van der Waals surface area contributed by atoms with Gasteiger partial charge in [0.1, 0.15) is 0 Å². The van der Waals surface area contributed by atoms with Crippen LogP contribution in [0.3, 0.4) is 0 Å². The fourth-order valence-corrected chi connectivity index (χ4v) is 3.51. The number of aryl methyl sites for hydroxylation is 1. The minimum Gasteiger partial charge on any atom is -0.396 e. The van der Waals surface area contributed by atoms with Crippen molar-refractivity contribution < 1.29 is 9.90 Å². The molecule has 1 fully saturated rings. The summed E-state index contributed by atoms with van der Waals surface area (Å²) in [5.41, 5.74) is 2.00. The van der Waals surface area contributed by atoms with E-state index in [1.54, 1.807) is 0 Å². The SMILES string of the molecule is CCn1cc(NC(=O)N2CCCC[C@@H]2CCO)c2ccccc21. The molecule has 0 unspecified atom stereocenters. The number of fused-ring (bicyclic) bond motifs is 1. The summed E-state index contributed by atoms with van der Waals surface area (Å²) in [6.07, 6.45) is 5.80. The molecule has 124 valence electrons. The van der Waals surface area contributed by atoms with E-state index in [4.69, 9.17) is 0 Å². The van der Waals surface area contributed by atoms with Crippen LogP contribution in [0.1, 0.15) is 32.6 Å². The lowest BCUT2D eigenvalue weighted by atomic mass is 10.0. The molecule has 1 saturated heterocycles. The Labute approximate surface area is 136 Å². The highest BCUT2D eigenvalue weighted by atomic mass is 16.3. The number of nitrogens with one attached hydrogen (secondary N) is 1. The predicted molar refractivity (Wildman–Crippen MR) is 92.7 cm³/mol. The molecule has 1 aliphatic heterocycles. The van der Waals surface area contributed by atoms with Crippen molar-refractivity contribution in [3.63, 3.8) is 0 Å². The number of rotatable bonds is 4. The summed E-state index contributed by atoms with van der Waals surface area (Å²) in [6.45, 7) is 3.86. The van der Waals surface area contributed by atoms with Crippen LogP contribution in [-0.2, 0) is 6.54 Å². The fourth-order valence-electron chi connectivity index (χ4n) is 3.51. The average molecular weight is 315 g/mol. The second kappa shape index (κ2) is 7.04. The van der Waals surface area contributed by atoms with E-state index < -0.39 is 0 Å². The lowest BCUT2D eigenvalue weighted by Crippen LogP contribution is -2.46. The lowest BCUT2D eigenvalue weighted by Gasteiger charge is -2.35. The van der Waals surface area contributed by atoms with Crippen LogP contribution in [0.4, 0.5) is 10.5 Å². The minimum absolute atomic E-state index is 0.0536. The molecule has 0 aliphatic carbocycles. The third-order valence-corrected chi connectivity index (χ3v) is 4.72. The van der Waals surface area contributed by atoms with Gasteiger partial charge in [0.2, 0.25) is 0 Å². The maximum atomic E-state index is 12.7. The van der Waals surface area contributed by atoms with E-state index in [-0.39, 0.29) is 18.7 Å². The molecule has 0 spiro atoms. The monoisotopic (exact) mass is 315 g/mol. The van der Waals surface area contributed by atoms with E-state index in [0.717, 1.165) is 48.9 Å². The number of para-hydroxylation sites is 1. The van der Waals surface area contributed by atoms with Crippen molar-refractivity contribution in [2.45, 2.75) is 45.2 Å². The molecule has 3 rings (SSSR count). The first kappa shape index (κ1) is 15.9. The molecule has 1 aromatic heterocycles. The number of piperidine rings is 1. The second-order valence-electron chi connectivity index (χ2n) is 6.13. The van der Waals surface area contributed by atoms with Gasteiger partial charge in [-0.15, -0.1) is 0 Å². The van der Waals surface area contributed by atoms with Crippen LogP contribution >= 0.6 is 0 Å². The van der Waals surface area contributed by atoms with E-state index in [9.17, 15) is 9.90 Å². The number of hydrogen-bond donors (Lipinski definition) is 2. The number of aromatic nitrogens is 1. The number of amides is 2. The van der Waals surface area contributed by atoms with Gasteiger partial charge in [-0.25, -0.2) is 4.79 Å². The van der Waals surface area contributed by atoms with Crippen LogP contribution in [0, 0.1) is 0 Å². The third kappa shape index (κ3) is 3.20. The Morgan fingerprint density at radius 1 is 1.35 bits per heavy atom. The maximum Gasteiger partial charge on any atom is 0.322 e. The van der Waals surface area contributed by atoms with Crippen LogP contribution < -0.4 is 5.32 Å². The van der Waals surface area contributed by atoms with Gasteiger partial charge in [0.25, 0.3) is 0 Å².